The second kappa shape index (κ2) is 6.22. The summed E-state index contributed by atoms with van der Waals surface area (Å²) >= 11 is 8.21. The third kappa shape index (κ3) is 3.67. The van der Waals surface area contributed by atoms with E-state index < -0.39 is 0 Å². The molecule has 4 heteroatoms. The molecule has 0 saturated heterocycles. The van der Waals surface area contributed by atoms with Crippen molar-refractivity contribution in [1.82, 2.24) is 4.90 Å². The minimum atomic E-state index is 0.0848. The van der Waals surface area contributed by atoms with Gasteiger partial charge in [0.05, 0.1) is 5.56 Å². The van der Waals surface area contributed by atoms with Crippen molar-refractivity contribution < 1.29 is 4.79 Å². The number of carbonyl (C=O) groups is 1. The van der Waals surface area contributed by atoms with Gasteiger partial charge in [-0.3, -0.25) is 4.79 Å². The molecule has 0 atom stereocenters. The van der Waals surface area contributed by atoms with Crippen molar-refractivity contribution >= 4 is 40.1 Å². The summed E-state index contributed by atoms with van der Waals surface area (Å²) in [5, 5.41) is 0.618. The molecule has 0 heterocycles. The second-order valence-electron chi connectivity index (χ2n) is 6.44. The van der Waals surface area contributed by atoms with Crippen LogP contribution in [0.3, 0.4) is 0 Å². The largest absolute Gasteiger partial charge is 0.339 e. The Labute approximate surface area is 140 Å². The first-order valence-electron chi connectivity index (χ1n) is 7.02. The average molecular weight is 406 g/mol. The molecular weight excluding hydrogens is 385 g/mol. The van der Waals surface area contributed by atoms with E-state index in [4.69, 9.17) is 11.6 Å². The van der Waals surface area contributed by atoms with Gasteiger partial charge >= 0.3 is 0 Å². The van der Waals surface area contributed by atoms with Gasteiger partial charge in [0.2, 0.25) is 0 Å². The van der Waals surface area contributed by atoms with Crippen LogP contribution in [0, 0.1) is 8.99 Å². The molecule has 110 valence electrons. The molecule has 0 aromatic heterocycles. The van der Waals surface area contributed by atoms with E-state index >= 15 is 0 Å². The number of carbonyl (C=O) groups excluding carboxylic acids is 1. The van der Waals surface area contributed by atoms with Crippen molar-refractivity contribution in [3.05, 3.63) is 32.4 Å². The van der Waals surface area contributed by atoms with Crippen molar-refractivity contribution in [2.24, 2.45) is 5.41 Å². The third-order valence-electron chi connectivity index (χ3n) is 4.34. The first-order chi connectivity index (χ1) is 9.30. The smallest absolute Gasteiger partial charge is 0.254 e. The van der Waals surface area contributed by atoms with Gasteiger partial charge in [0.15, 0.2) is 0 Å². The Morgan fingerprint density at radius 2 is 1.95 bits per heavy atom. The van der Waals surface area contributed by atoms with Crippen molar-refractivity contribution in [2.75, 3.05) is 7.05 Å². The summed E-state index contributed by atoms with van der Waals surface area (Å²) in [6.07, 6.45) is 4.54. The molecule has 0 N–H and O–H groups in total. The van der Waals surface area contributed by atoms with Crippen molar-refractivity contribution in [3.8, 4) is 0 Å². The summed E-state index contributed by atoms with van der Waals surface area (Å²) in [6.45, 7) is 4.62. The molecule has 1 fully saturated rings. The SMILES string of the molecule is CN(C(=O)c1cc(Cl)ccc1I)C1CCC(C)(C)CC1. The Hall–Kier alpha value is -0.290. The van der Waals surface area contributed by atoms with Gasteiger partial charge in [-0.2, -0.15) is 0 Å². The highest BCUT2D eigenvalue weighted by Gasteiger charge is 2.31. The van der Waals surface area contributed by atoms with Crippen LogP contribution in [0.4, 0.5) is 0 Å². The lowest BCUT2D eigenvalue weighted by Gasteiger charge is -2.38. The number of benzene rings is 1. The van der Waals surface area contributed by atoms with Gasteiger partial charge in [0.1, 0.15) is 0 Å². The predicted molar refractivity (Wildman–Crippen MR) is 92.3 cm³/mol. The number of nitrogens with zero attached hydrogens (tertiary/aromatic N) is 1. The summed E-state index contributed by atoms with van der Waals surface area (Å²) < 4.78 is 0.958. The average Bonchev–Trinajstić information content (AvgIpc) is 2.40. The van der Waals surface area contributed by atoms with Crippen LogP contribution >= 0.6 is 34.2 Å². The minimum absolute atomic E-state index is 0.0848. The Morgan fingerprint density at radius 3 is 2.55 bits per heavy atom. The zero-order valence-corrected chi connectivity index (χ0v) is 15.2. The summed E-state index contributed by atoms with van der Waals surface area (Å²) in [7, 11) is 1.92. The monoisotopic (exact) mass is 405 g/mol. The normalized spacial score (nSPS) is 18.9. The third-order valence-corrected chi connectivity index (χ3v) is 5.51. The molecule has 0 unspecified atom stereocenters. The predicted octanol–water partition coefficient (Wildman–Crippen LogP) is 4.99. The Morgan fingerprint density at radius 1 is 1.35 bits per heavy atom. The second-order valence-corrected chi connectivity index (χ2v) is 8.03. The molecule has 1 aliphatic carbocycles. The lowest BCUT2D eigenvalue weighted by molar-refractivity contribution is 0.0634. The van der Waals surface area contributed by atoms with Gasteiger partial charge in [-0.15, -0.1) is 0 Å². The molecule has 0 aliphatic heterocycles. The standard InChI is InChI=1S/C16H21ClINO/c1-16(2)8-6-12(7-9-16)19(3)15(20)13-10-11(17)4-5-14(13)18/h4-5,10,12H,6-9H2,1-3H3. The van der Waals surface area contributed by atoms with Crippen LogP contribution in [0.2, 0.25) is 5.02 Å². The first-order valence-corrected chi connectivity index (χ1v) is 8.48. The van der Waals surface area contributed by atoms with Crippen molar-refractivity contribution in [3.63, 3.8) is 0 Å². The maximum atomic E-state index is 12.6. The molecular formula is C16H21ClINO. The van der Waals surface area contributed by atoms with Crippen LogP contribution in [-0.2, 0) is 0 Å². The van der Waals surface area contributed by atoms with Crippen molar-refractivity contribution in [2.45, 2.75) is 45.6 Å². The van der Waals surface area contributed by atoms with Crippen LogP contribution in [0.5, 0.6) is 0 Å². The molecule has 1 amide bonds. The van der Waals surface area contributed by atoms with E-state index in [0.29, 0.717) is 22.0 Å². The molecule has 2 nitrogen and oxygen atoms in total. The van der Waals surface area contributed by atoms with Crippen LogP contribution in [0.1, 0.15) is 49.9 Å². The number of rotatable bonds is 2. The number of hydrogen-bond donors (Lipinski definition) is 0. The Balaban J connectivity index is 2.11. The van der Waals surface area contributed by atoms with Crippen LogP contribution < -0.4 is 0 Å². The molecule has 1 saturated carbocycles. The topological polar surface area (TPSA) is 20.3 Å². The van der Waals surface area contributed by atoms with Crippen LogP contribution in [0.15, 0.2) is 18.2 Å². The summed E-state index contributed by atoms with van der Waals surface area (Å²) in [5.41, 5.74) is 1.13. The number of halogens is 2. The zero-order chi connectivity index (χ0) is 14.9. The van der Waals surface area contributed by atoms with E-state index in [0.717, 1.165) is 16.4 Å². The highest BCUT2D eigenvalue weighted by atomic mass is 127. The van der Waals surface area contributed by atoms with E-state index in [1.165, 1.54) is 12.8 Å². The molecule has 0 radical (unpaired) electrons. The summed E-state index contributed by atoms with van der Waals surface area (Å²) in [5.74, 6) is 0.0848. The maximum absolute atomic E-state index is 12.6. The highest BCUT2D eigenvalue weighted by Crippen LogP contribution is 2.37. The van der Waals surface area contributed by atoms with E-state index in [1.54, 1.807) is 6.07 Å². The highest BCUT2D eigenvalue weighted by molar-refractivity contribution is 14.1. The first kappa shape index (κ1) is 16.1. The molecule has 0 bridgehead atoms. The fraction of sp³-hybridized carbons (Fsp3) is 0.562. The van der Waals surface area contributed by atoms with Gasteiger partial charge in [0, 0.05) is 21.7 Å². The fourth-order valence-corrected chi connectivity index (χ4v) is 3.53. The maximum Gasteiger partial charge on any atom is 0.254 e. The van der Waals surface area contributed by atoms with E-state index in [9.17, 15) is 4.79 Å². The van der Waals surface area contributed by atoms with Gasteiger partial charge in [0.25, 0.3) is 5.91 Å². The Kier molecular flexibility index (Phi) is 5.00. The van der Waals surface area contributed by atoms with Crippen LogP contribution in [0.25, 0.3) is 0 Å². The summed E-state index contributed by atoms with van der Waals surface area (Å²) in [6, 6.07) is 5.84. The minimum Gasteiger partial charge on any atom is -0.339 e. The summed E-state index contributed by atoms with van der Waals surface area (Å²) in [4.78, 5) is 14.5. The van der Waals surface area contributed by atoms with Gasteiger partial charge < -0.3 is 4.90 Å². The fourth-order valence-electron chi connectivity index (χ4n) is 2.79. The van der Waals surface area contributed by atoms with E-state index in [2.05, 4.69) is 36.4 Å². The van der Waals surface area contributed by atoms with Gasteiger partial charge in [-0.05, 0) is 71.9 Å². The van der Waals surface area contributed by atoms with Gasteiger partial charge in [-0.1, -0.05) is 25.4 Å². The number of amides is 1. The zero-order valence-electron chi connectivity index (χ0n) is 12.2. The molecule has 1 aromatic carbocycles. The molecule has 0 spiro atoms. The molecule has 20 heavy (non-hydrogen) atoms. The quantitative estimate of drug-likeness (QED) is 0.635. The lowest BCUT2D eigenvalue weighted by atomic mass is 9.75. The number of hydrogen-bond acceptors (Lipinski definition) is 1. The molecule has 1 aliphatic rings. The van der Waals surface area contributed by atoms with E-state index in [1.807, 2.05) is 24.1 Å². The van der Waals surface area contributed by atoms with Crippen molar-refractivity contribution in [1.29, 1.82) is 0 Å². The van der Waals surface area contributed by atoms with Crippen LogP contribution in [-0.4, -0.2) is 23.9 Å². The lowest BCUT2D eigenvalue weighted by Crippen LogP contribution is -2.41. The Bertz CT molecular complexity index is 505. The van der Waals surface area contributed by atoms with E-state index in [-0.39, 0.29) is 5.91 Å². The van der Waals surface area contributed by atoms with Gasteiger partial charge in [-0.25, -0.2) is 0 Å². The molecule has 2 rings (SSSR count). The molecule has 1 aromatic rings.